The molecule has 0 aromatic carbocycles. The van der Waals surface area contributed by atoms with Crippen molar-refractivity contribution in [3.63, 3.8) is 0 Å². The Morgan fingerprint density at radius 3 is 0.813 bits per heavy atom. The number of hydrogen-bond acceptors (Lipinski definition) is 6. The predicted octanol–water partition coefficient (Wildman–Crippen LogP) is 22.6. The molecule has 0 spiro atoms. The molecule has 0 amide bonds. The lowest BCUT2D eigenvalue weighted by atomic mass is 10.0. The lowest BCUT2D eigenvalue weighted by Crippen LogP contribution is -2.30. The Bertz CT molecular complexity index is 1300. The van der Waals surface area contributed by atoms with Gasteiger partial charge in [-0.15, -0.1) is 0 Å². The van der Waals surface area contributed by atoms with E-state index in [9.17, 15) is 14.4 Å². The van der Waals surface area contributed by atoms with Crippen LogP contribution in [0.25, 0.3) is 0 Å². The van der Waals surface area contributed by atoms with E-state index in [1.165, 1.54) is 225 Å². The van der Waals surface area contributed by atoms with Crippen LogP contribution < -0.4 is 0 Å². The normalized spacial score (nSPS) is 12.3. The molecular weight excluding hydrogens is 925 g/mol. The number of hydrogen-bond donors (Lipinski definition) is 0. The molecule has 0 aliphatic heterocycles. The Morgan fingerprint density at radius 1 is 0.280 bits per heavy atom. The maximum atomic E-state index is 12.9. The van der Waals surface area contributed by atoms with E-state index in [0.717, 1.165) is 89.9 Å². The number of unbranched alkanes of at least 4 members (excludes halogenated alkanes) is 42. The molecule has 75 heavy (non-hydrogen) atoms. The molecule has 1 unspecified atom stereocenters. The van der Waals surface area contributed by atoms with Crippen LogP contribution in [-0.2, 0) is 28.6 Å². The van der Waals surface area contributed by atoms with Crippen molar-refractivity contribution in [3.8, 4) is 0 Å². The molecule has 0 radical (unpaired) electrons. The van der Waals surface area contributed by atoms with E-state index >= 15 is 0 Å². The Balaban J connectivity index is 4.32. The van der Waals surface area contributed by atoms with Crippen LogP contribution in [0.2, 0.25) is 0 Å². The summed E-state index contributed by atoms with van der Waals surface area (Å²) in [5, 5.41) is 0. The quantitative estimate of drug-likeness (QED) is 0.0261. The van der Waals surface area contributed by atoms with Crippen molar-refractivity contribution in [3.05, 3.63) is 48.6 Å². The molecule has 1 atom stereocenters. The minimum atomic E-state index is -0.774. The van der Waals surface area contributed by atoms with Crippen LogP contribution >= 0.6 is 0 Å². The first kappa shape index (κ1) is 72.4. The summed E-state index contributed by atoms with van der Waals surface area (Å²) in [5.74, 6) is -0.852. The van der Waals surface area contributed by atoms with E-state index in [0.29, 0.717) is 19.3 Å². The molecule has 0 aliphatic rings. The third kappa shape index (κ3) is 62.1. The van der Waals surface area contributed by atoms with Gasteiger partial charge in [-0.1, -0.05) is 326 Å². The number of ether oxygens (including phenoxy) is 3. The first-order valence-corrected chi connectivity index (χ1v) is 33.1. The number of esters is 3. The lowest BCUT2D eigenvalue weighted by Gasteiger charge is -2.18. The van der Waals surface area contributed by atoms with E-state index in [1.807, 2.05) is 0 Å². The third-order valence-electron chi connectivity index (χ3n) is 14.8. The average Bonchev–Trinajstić information content (AvgIpc) is 3.41. The maximum absolute atomic E-state index is 12.9. The molecular formula is C69H126O6. The second-order valence-corrected chi connectivity index (χ2v) is 22.4. The van der Waals surface area contributed by atoms with Gasteiger partial charge in [0.15, 0.2) is 6.10 Å². The number of carbonyl (C=O) groups is 3. The smallest absolute Gasteiger partial charge is 0.306 e. The van der Waals surface area contributed by atoms with Crippen LogP contribution in [0.15, 0.2) is 48.6 Å². The van der Waals surface area contributed by atoms with E-state index < -0.39 is 6.10 Å². The zero-order valence-electron chi connectivity index (χ0n) is 50.3. The van der Waals surface area contributed by atoms with Crippen molar-refractivity contribution in [2.24, 2.45) is 0 Å². The fraction of sp³-hybridized carbons (Fsp3) is 0.841. The van der Waals surface area contributed by atoms with Crippen LogP contribution in [-0.4, -0.2) is 37.2 Å². The van der Waals surface area contributed by atoms with Gasteiger partial charge in [0.25, 0.3) is 0 Å². The highest BCUT2D eigenvalue weighted by Crippen LogP contribution is 2.18. The lowest BCUT2D eigenvalue weighted by molar-refractivity contribution is -0.167. The summed E-state index contributed by atoms with van der Waals surface area (Å²) in [4.78, 5) is 38.4. The van der Waals surface area contributed by atoms with Crippen molar-refractivity contribution in [2.75, 3.05) is 13.2 Å². The number of allylic oxidation sites excluding steroid dienone is 8. The van der Waals surface area contributed by atoms with Gasteiger partial charge in [-0.25, -0.2) is 0 Å². The highest BCUT2D eigenvalue weighted by molar-refractivity contribution is 5.71. The van der Waals surface area contributed by atoms with Crippen LogP contribution in [0.1, 0.15) is 355 Å². The Kier molecular flexibility index (Phi) is 61.7. The van der Waals surface area contributed by atoms with Crippen LogP contribution in [0.5, 0.6) is 0 Å². The Morgan fingerprint density at radius 2 is 0.520 bits per heavy atom. The molecule has 0 bridgehead atoms. The van der Waals surface area contributed by atoms with Gasteiger partial charge in [-0.3, -0.25) is 14.4 Å². The zero-order valence-corrected chi connectivity index (χ0v) is 50.3. The maximum Gasteiger partial charge on any atom is 0.306 e. The van der Waals surface area contributed by atoms with Crippen LogP contribution in [0, 0.1) is 0 Å². The molecule has 0 saturated heterocycles. The first-order chi connectivity index (χ1) is 37.0. The van der Waals surface area contributed by atoms with Gasteiger partial charge in [0.05, 0.1) is 0 Å². The molecule has 0 aliphatic carbocycles. The summed E-state index contributed by atoms with van der Waals surface area (Å²) in [6.45, 7) is 6.59. The van der Waals surface area contributed by atoms with Gasteiger partial charge in [0.1, 0.15) is 13.2 Å². The minimum Gasteiger partial charge on any atom is -0.462 e. The summed E-state index contributed by atoms with van der Waals surface area (Å²) in [5.41, 5.74) is 0. The molecule has 0 heterocycles. The largest absolute Gasteiger partial charge is 0.462 e. The second kappa shape index (κ2) is 63.9. The Labute approximate surface area is 467 Å². The molecule has 0 saturated carbocycles. The minimum absolute atomic E-state index is 0.0701. The van der Waals surface area contributed by atoms with E-state index in [4.69, 9.17) is 14.2 Å². The molecule has 0 N–H and O–H groups in total. The summed E-state index contributed by atoms with van der Waals surface area (Å²) in [6, 6.07) is 0. The third-order valence-corrected chi connectivity index (χ3v) is 14.8. The van der Waals surface area contributed by atoms with Gasteiger partial charge in [0.2, 0.25) is 0 Å². The van der Waals surface area contributed by atoms with E-state index in [2.05, 4.69) is 69.4 Å². The zero-order chi connectivity index (χ0) is 54.3. The van der Waals surface area contributed by atoms with Gasteiger partial charge >= 0.3 is 17.9 Å². The standard InChI is InChI=1S/C69H126O6/c1-4-7-10-13-16-19-22-25-28-30-32-34-36-38-41-44-47-50-53-56-59-62-68(71)74-65-66(64-73-67(70)61-58-55-52-49-46-43-40-27-24-21-18-15-12-9-6-3)75-69(72)63-60-57-54-51-48-45-42-39-37-35-33-31-29-26-23-20-17-14-11-8-5-2/h7,10,16,19,25,28,32,34,66H,4-6,8-9,11-15,17-18,20-24,26-27,29-31,33,35-65H2,1-3H3/b10-7-,19-16-,28-25-,34-32-. The van der Waals surface area contributed by atoms with Crippen molar-refractivity contribution < 1.29 is 28.6 Å². The molecule has 6 nitrogen and oxygen atoms in total. The molecule has 0 aromatic rings. The van der Waals surface area contributed by atoms with Gasteiger partial charge < -0.3 is 14.2 Å². The van der Waals surface area contributed by atoms with Crippen molar-refractivity contribution in [1.29, 1.82) is 0 Å². The topological polar surface area (TPSA) is 78.9 Å². The highest BCUT2D eigenvalue weighted by atomic mass is 16.6. The highest BCUT2D eigenvalue weighted by Gasteiger charge is 2.19. The summed E-state index contributed by atoms with van der Waals surface area (Å²) < 4.78 is 17.0. The van der Waals surface area contributed by atoms with Crippen LogP contribution in [0.3, 0.4) is 0 Å². The fourth-order valence-electron chi connectivity index (χ4n) is 9.91. The average molecular weight is 1050 g/mol. The van der Waals surface area contributed by atoms with Crippen molar-refractivity contribution in [1.82, 2.24) is 0 Å². The molecule has 438 valence electrons. The first-order valence-electron chi connectivity index (χ1n) is 33.1. The van der Waals surface area contributed by atoms with E-state index in [-0.39, 0.29) is 31.1 Å². The number of carbonyl (C=O) groups excluding carboxylic acids is 3. The molecule has 0 rings (SSSR count). The number of rotatable bonds is 61. The monoisotopic (exact) mass is 1050 g/mol. The molecule has 6 heteroatoms. The van der Waals surface area contributed by atoms with Gasteiger partial charge in [-0.2, -0.15) is 0 Å². The van der Waals surface area contributed by atoms with Crippen molar-refractivity contribution >= 4 is 17.9 Å². The summed E-state index contributed by atoms with van der Waals surface area (Å²) in [6.07, 6.45) is 79.8. The predicted molar refractivity (Wildman–Crippen MR) is 325 cm³/mol. The Hall–Kier alpha value is -2.63. The SMILES string of the molecule is CC/C=C\C/C=C\C/C=C\C/C=C\CCCCCCCCCCC(=O)OCC(COC(=O)CCCCCCCCCCCCCCCCC)OC(=O)CCCCCCCCCCCCCCCCCCCCCCC. The van der Waals surface area contributed by atoms with Gasteiger partial charge in [0, 0.05) is 19.3 Å². The molecule has 0 aromatic heterocycles. The molecule has 0 fully saturated rings. The second-order valence-electron chi connectivity index (χ2n) is 22.4. The van der Waals surface area contributed by atoms with Crippen LogP contribution in [0.4, 0.5) is 0 Å². The van der Waals surface area contributed by atoms with Crippen molar-refractivity contribution in [2.45, 2.75) is 361 Å². The van der Waals surface area contributed by atoms with E-state index in [1.54, 1.807) is 0 Å². The van der Waals surface area contributed by atoms with Gasteiger partial charge in [-0.05, 0) is 57.8 Å². The summed E-state index contributed by atoms with van der Waals surface area (Å²) in [7, 11) is 0. The fourth-order valence-corrected chi connectivity index (χ4v) is 9.91. The summed E-state index contributed by atoms with van der Waals surface area (Å²) >= 11 is 0.